The highest BCUT2D eigenvalue weighted by Crippen LogP contribution is 2.25. The Morgan fingerprint density at radius 2 is 1.90 bits per heavy atom. The van der Waals surface area contributed by atoms with Crippen molar-refractivity contribution < 1.29 is 9.53 Å². The number of rotatable bonds is 4. The van der Waals surface area contributed by atoms with Crippen LogP contribution in [0.4, 0.5) is 0 Å². The summed E-state index contributed by atoms with van der Waals surface area (Å²) >= 11 is 0. The molecular weight excluding hydrogens is 250 g/mol. The topological polar surface area (TPSA) is 29.5 Å². The molecule has 0 bridgehead atoms. The first kappa shape index (κ1) is 16.7. The van der Waals surface area contributed by atoms with Crippen LogP contribution in [0.5, 0.6) is 0 Å². The number of ether oxygens (including phenoxy) is 1. The maximum absolute atomic E-state index is 9.18. The monoisotopic (exact) mass is 277 g/mol. The predicted molar refractivity (Wildman–Crippen MR) is 82.5 cm³/mol. The molecule has 112 valence electrons. The summed E-state index contributed by atoms with van der Waals surface area (Å²) in [5, 5.41) is 0. The fraction of sp³-hybridized carbons (Fsp3) is 0.588. The summed E-state index contributed by atoms with van der Waals surface area (Å²) in [6, 6.07) is 11.4. The van der Waals surface area contributed by atoms with Gasteiger partial charge in [0, 0.05) is 6.04 Å². The first-order valence-corrected chi connectivity index (χ1v) is 7.53. The first-order valence-electron chi connectivity index (χ1n) is 7.53. The van der Waals surface area contributed by atoms with E-state index in [0.29, 0.717) is 19.1 Å². The van der Waals surface area contributed by atoms with Gasteiger partial charge in [-0.15, -0.1) is 0 Å². The highest BCUT2D eigenvalue weighted by Gasteiger charge is 2.20. The van der Waals surface area contributed by atoms with Crippen molar-refractivity contribution in [1.29, 1.82) is 0 Å². The van der Waals surface area contributed by atoms with E-state index in [4.69, 9.17) is 0 Å². The van der Waals surface area contributed by atoms with Crippen LogP contribution in [0.25, 0.3) is 0 Å². The van der Waals surface area contributed by atoms with Crippen molar-refractivity contribution in [3.8, 4) is 0 Å². The Hall–Kier alpha value is -1.35. The van der Waals surface area contributed by atoms with E-state index < -0.39 is 0 Å². The van der Waals surface area contributed by atoms with Crippen LogP contribution < -0.4 is 0 Å². The zero-order valence-electron chi connectivity index (χ0n) is 12.9. The van der Waals surface area contributed by atoms with E-state index in [-0.39, 0.29) is 0 Å². The van der Waals surface area contributed by atoms with Crippen LogP contribution in [0.2, 0.25) is 0 Å². The van der Waals surface area contributed by atoms with Crippen LogP contribution in [-0.2, 0) is 9.53 Å². The first-order chi connectivity index (χ1) is 9.69. The van der Waals surface area contributed by atoms with Crippen molar-refractivity contribution in [3.05, 3.63) is 35.9 Å². The smallest absolute Gasteiger partial charge is 0.293 e. The molecule has 1 saturated heterocycles. The van der Waals surface area contributed by atoms with E-state index in [9.17, 15) is 4.79 Å². The van der Waals surface area contributed by atoms with Gasteiger partial charge in [0.1, 0.15) is 0 Å². The molecule has 1 aromatic rings. The van der Waals surface area contributed by atoms with E-state index in [1.54, 1.807) is 6.92 Å². The van der Waals surface area contributed by atoms with E-state index in [2.05, 4.69) is 53.8 Å². The summed E-state index contributed by atoms with van der Waals surface area (Å²) < 4.78 is 4.15. The van der Waals surface area contributed by atoms with Gasteiger partial charge in [-0.3, -0.25) is 9.69 Å². The van der Waals surface area contributed by atoms with E-state index in [1.165, 1.54) is 31.5 Å². The van der Waals surface area contributed by atoms with E-state index in [0.717, 1.165) is 5.92 Å². The quantitative estimate of drug-likeness (QED) is 0.787. The molecule has 1 fully saturated rings. The van der Waals surface area contributed by atoms with E-state index >= 15 is 0 Å². The molecule has 1 heterocycles. The van der Waals surface area contributed by atoms with Crippen molar-refractivity contribution in [1.82, 2.24) is 4.90 Å². The zero-order chi connectivity index (χ0) is 14.8. The van der Waals surface area contributed by atoms with Crippen molar-refractivity contribution >= 4 is 6.47 Å². The second-order valence-corrected chi connectivity index (χ2v) is 5.36. The van der Waals surface area contributed by atoms with Crippen LogP contribution in [-0.4, -0.2) is 31.1 Å². The average Bonchev–Trinajstić information content (AvgIpc) is 2.50. The number of piperidine rings is 1. The molecule has 1 unspecified atom stereocenters. The standard InChI is InChI=1S/C14H21N.C3H6O2/c1-12-8-10-15(11-9-12)13(2)14-6-4-3-5-7-14;1-2-5-3-4/h3-7,12-13H,8-11H2,1-2H3;3H,2H2,1H3. The molecule has 0 N–H and O–H groups in total. The van der Waals surface area contributed by atoms with Crippen molar-refractivity contribution in [2.45, 2.75) is 39.7 Å². The third kappa shape index (κ3) is 5.74. The maximum atomic E-state index is 9.18. The minimum Gasteiger partial charge on any atom is -0.468 e. The minimum atomic E-state index is 0.431. The minimum absolute atomic E-state index is 0.431. The van der Waals surface area contributed by atoms with Crippen LogP contribution >= 0.6 is 0 Å². The molecule has 2 rings (SSSR count). The second-order valence-electron chi connectivity index (χ2n) is 5.36. The normalized spacial score (nSPS) is 17.8. The largest absolute Gasteiger partial charge is 0.468 e. The SMILES string of the molecule is CC1CCN(C(C)c2ccccc2)CC1.CCOC=O. The van der Waals surface area contributed by atoms with Gasteiger partial charge >= 0.3 is 0 Å². The summed E-state index contributed by atoms with van der Waals surface area (Å²) in [4.78, 5) is 11.8. The molecule has 0 aromatic heterocycles. The lowest BCUT2D eigenvalue weighted by atomic mass is 9.96. The van der Waals surface area contributed by atoms with Crippen LogP contribution in [0.1, 0.15) is 45.2 Å². The molecule has 0 saturated carbocycles. The van der Waals surface area contributed by atoms with Gasteiger partial charge in [-0.1, -0.05) is 37.3 Å². The van der Waals surface area contributed by atoms with Crippen LogP contribution in [0.3, 0.4) is 0 Å². The Kier molecular flexibility index (Phi) is 7.97. The predicted octanol–water partition coefficient (Wildman–Crippen LogP) is 3.66. The third-order valence-electron chi connectivity index (χ3n) is 3.88. The van der Waals surface area contributed by atoms with Gasteiger partial charge < -0.3 is 4.74 Å². The molecule has 1 aromatic carbocycles. The van der Waals surface area contributed by atoms with Gasteiger partial charge in [0.05, 0.1) is 6.61 Å². The van der Waals surface area contributed by atoms with E-state index in [1.807, 2.05) is 0 Å². The Balaban J connectivity index is 0.000000347. The van der Waals surface area contributed by atoms with Gasteiger partial charge in [-0.2, -0.15) is 0 Å². The molecule has 0 amide bonds. The Bertz CT molecular complexity index is 359. The third-order valence-corrected chi connectivity index (χ3v) is 3.88. The lowest BCUT2D eigenvalue weighted by molar-refractivity contribution is -0.128. The summed E-state index contributed by atoms with van der Waals surface area (Å²) in [6.07, 6.45) is 2.72. The number of carbonyl (C=O) groups excluding carboxylic acids is 1. The molecule has 3 nitrogen and oxygen atoms in total. The molecule has 1 atom stereocenters. The highest BCUT2D eigenvalue weighted by molar-refractivity contribution is 5.36. The molecule has 1 aliphatic heterocycles. The van der Waals surface area contributed by atoms with Gasteiger partial charge in [0.2, 0.25) is 0 Å². The van der Waals surface area contributed by atoms with Crippen molar-refractivity contribution in [2.75, 3.05) is 19.7 Å². The van der Waals surface area contributed by atoms with Crippen LogP contribution in [0.15, 0.2) is 30.3 Å². The molecule has 0 radical (unpaired) electrons. The Morgan fingerprint density at radius 3 is 2.35 bits per heavy atom. The van der Waals surface area contributed by atoms with Gasteiger partial charge in [0.15, 0.2) is 0 Å². The Labute approximate surface area is 122 Å². The maximum Gasteiger partial charge on any atom is 0.293 e. The van der Waals surface area contributed by atoms with Gasteiger partial charge in [-0.25, -0.2) is 0 Å². The summed E-state index contributed by atoms with van der Waals surface area (Å²) in [5.41, 5.74) is 1.45. The second kappa shape index (κ2) is 9.54. The lowest BCUT2D eigenvalue weighted by Crippen LogP contribution is -2.34. The van der Waals surface area contributed by atoms with Gasteiger partial charge in [-0.05, 0) is 51.3 Å². The number of hydrogen-bond donors (Lipinski definition) is 0. The number of likely N-dealkylation sites (tertiary alicyclic amines) is 1. The number of nitrogens with zero attached hydrogens (tertiary/aromatic N) is 1. The van der Waals surface area contributed by atoms with Crippen molar-refractivity contribution in [3.63, 3.8) is 0 Å². The lowest BCUT2D eigenvalue weighted by Gasteiger charge is -2.35. The summed E-state index contributed by atoms with van der Waals surface area (Å²) in [5.74, 6) is 0.921. The molecule has 0 spiro atoms. The fourth-order valence-electron chi connectivity index (χ4n) is 2.43. The fourth-order valence-corrected chi connectivity index (χ4v) is 2.43. The number of benzene rings is 1. The molecule has 3 heteroatoms. The average molecular weight is 277 g/mol. The highest BCUT2D eigenvalue weighted by atomic mass is 16.5. The molecule has 1 aliphatic rings. The molecular formula is C17H27NO2. The zero-order valence-corrected chi connectivity index (χ0v) is 12.9. The van der Waals surface area contributed by atoms with Crippen molar-refractivity contribution in [2.24, 2.45) is 5.92 Å². The molecule has 0 aliphatic carbocycles. The Morgan fingerprint density at radius 1 is 1.30 bits per heavy atom. The summed E-state index contributed by atoms with van der Waals surface area (Å²) in [6.45, 7) is 9.88. The number of hydrogen-bond acceptors (Lipinski definition) is 3. The number of carbonyl (C=O) groups is 1. The van der Waals surface area contributed by atoms with Gasteiger partial charge in [0.25, 0.3) is 6.47 Å². The molecule has 20 heavy (non-hydrogen) atoms. The summed E-state index contributed by atoms with van der Waals surface area (Å²) in [7, 11) is 0. The van der Waals surface area contributed by atoms with Crippen LogP contribution in [0, 0.1) is 5.92 Å².